The molecule has 1 aliphatic heterocycles. The van der Waals surface area contributed by atoms with E-state index in [1.807, 2.05) is 0 Å². The maximum atomic E-state index is 12.7. The predicted octanol–water partition coefficient (Wildman–Crippen LogP) is 3.92. The van der Waals surface area contributed by atoms with Gasteiger partial charge in [0.15, 0.2) is 0 Å². The van der Waals surface area contributed by atoms with Crippen molar-refractivity contribution in [2.75, 3.05) is 19.6 Å². The van der Waals surface area contributed by atoms with E-state index in [9.17, 15) is 26.4 Å². The number of nitrogens with zero attached hydrogens (tertiary/aromatic N) is 1. The van der Waals surface area contributed by atoms with Gasteiger partial charge in [-0.1, -0.05) is 30.7 Å². The number of sulfonamides is 1. The van der Waals surface area contributed by atoms with Gasteiger partial charge >= 0.3 is 12.2 Å². The molecule has 1 heterocycles. The summed E-state index contributed by atoms with van der Waals surface area (Å²) in [4.78, 5) is 12.2. The molecular formula is C22H26F3N3O3S. The molecule has 6 nitrogen and oxygen atoms in total. The summed E-state index contributed by atoms with van der Waals surface area (Å²) in [7, 11) is -3.49. The minimum absolute atomic E-state index is 0.218. The van der Waals surface area contributed by atoms with E-state index in [2.05, 4.69) is 10.6 Å². The van der Waals surface area contributed by atoms with E-state index in [0.717, 1.165) is 37.0 Å². The topological polar surface area (TPSA) is 78.5 Å². The van der Waals surface area contributed by atoms with Crippen LogP contribution >= 0.6 is 0 Å². The Morgan fingerprint density at radius 3 is 2.06 bits per heavy atom. The molecular weight excluding hydrogens is 443 g/mol. The van der Waals surface area contributed by atoms with Gasteiger partial charge in [0.05, 0.1) is 10.5 Å². The normalized spacial score (nSPS) is 15.3. The Labute approximate surface area is 185 Å². The van der Waals surface area contributed by atoms with Crippen molar-refractivity contribution >= 4 is 16.1 Å². The fourth-order valence-electron chi connectivity index (χ4n) is 3.46. The van der Waals surface area contributed by atoms with Crippen LogP contribution in [0.3, 0.4) is 0 Å². The van der Waals surface area contributed by atoms with Crippen LogP contribution in [0.2, 0.25) is 0 Å². The molecule has 0 unspecified atom stereocenters. The van der Waals surface area contributed by atoms with Crippen LogP contribution in [0.4, 0.5) is 18.0 Å². The molecule has 0 aliphatic carbocycles. The quantitative estimate of drug-likeness (QED) is 0.645. The number of carbonyl (C=O) groups excluding carboxylic acids is 1. The fourth-order valence-corrected chi connectivity index (χ4v) is 4.98. The van der Waals surface area contributed by atoms with E-state index in [-0.39, 0.29) is 18.0 Å². The molecule has 174 valence electrons. The number of urea groups is 1. The average molecular weight is 470 g/mol. The third-order valence-electron chi connectivity index (χ3n) is 5.31. The lowest BCUT2D eigenvalue weighted by Crippen LogP contribution is -2.36. The van der Waals surface area contributed by atoms with Gasteiger partial charge in [-0.05, 0) is 54.7 Å². The molecule has 1 aliphatic rings. The van der Waals surface area contributed by atoms with E-state index in [1.54, 1.807) is 24.3 Å². The minimum Gasteiger partial charge on any atom is -0.338 e. The molecule has 2 N–H and O–H groups in total. The molecule has 0 atom stereocenters. The Morgan fingerprint density at radius 1 is 0.875 bits per heavy atom. The zero-order valence-corrected chi connectivity index (χ0v) is 18.3. The summed E-state index contributed by atoms with van der Waals surface area (Å²) in [6.45, 7) is 1.57. The van der Waals surface area contributed by atoms with Gasteiger partial charge in [-0.2, -0.15) is 17.5 Å². The van der Waals surface area contributed by atoms with E-state index in [1.165, 1.54) is 16.4 Å². The number of benzene rings is 2. The largest absolute Gasteiger partial charge is 0.416 e. The first kappa shape index (κ1) is 24.1. The van der Waals surface area contributed by atoms with E-state index < -0.39 is 27.8 Å². The Morgan fingerprint density at radius 2 is 1.47 bits per heavy atom. The van der Waals surface area contributed by atoms with Crippen LogP contribution < -0.4 is 10.6 Å². The van der Waals surface area contributed by atoms with Crippen molar-refractivity contribution in [2.24, 2.45) is 0 Å². The van der Waals surface area contributed by atoms with Gasteiger partial charge < -0.3 is 10.6 Å². The maximum absolute atomic E-state index is 12.7. The summed E-state index contributed by atoms with van der Waals surface area (Å²) in [5, 5.41) is 5.33. The molecule has 0 spiro atoms. The third-order valence-corrected chi connectivity index (χ3v) is 7.22. The van der Waals surface area contributed by atoms with Crippen molar-refractivity contribution in [1.29, 1.82) is 0 Å². The monoisotopic (exact) mass is 469 g/mol. The van der Waals surface area contributed by atoms with Gasteiger partial charge in [-0.15, -0.1) is 0 Å². The molecule has 0 radical (unpaired) electrons. The van der Waals surface area contributed by atoms with Gasteiger partial charge in [0, 0.05) is 26.2 Å². The summed E-state index contributed by atoms with van der Waals surface area (Å²) < 4.78 is 64.5. The van der Waals surface area contributed by atoms with Crippen LogP contribution in [0.1, 0.15) is 36.0 Å². The smallest absolute Gasteiger partial charge is 0.338 e. The molecule has 2 aromatic carbocycles. The second-order valence-corrected chi connectivity index (χ2v) is 9.60. The van der Waals surface area contributed by atoms with Gasteiger partial charge in [0.1, 0.15) is 0 Å². The third kappa shape index (κ3) is 6.46. The van der Waals surface area contributed by atoms with Crippen LogP contribution in [-0.4, -0.2) is 38.4 Å². The Hall–Kier alpha value is -2.59. The lowest BCUT2D eigenvalue weighted by molar-refractivity contribution is -0.137. The molecule has 10 heteroatoms. The molecule has 32 heavy (non-hydrogen) atoms. The number of halogens is 3. The summed E-state index contributed by atoms with van der Waals surface area (Å²) in [6, 6.07) is 10.8. The maximum Gasteiger partial charge on any atom is 0.416 e. The first-order chi connectivity index (χ1) is 15.2. The Balaban J connectivity index is 1.43. The number of alkyl halides is 3. The molecule has 1 saturated heterocycles. The summed E-state index contributed by atoms with van der Waals surface area (Å²) in [6.07, 6.45) is -1.19. The molecule has 2 aromatic rings. The predicted molar refractivity (Wildman–Crippen MR) is 114 cm³/mol. The van der Waals surface area contributed by atoms with E-state index in [0.29, 0.717) is 25.1 Å². The highest BCUT2D eigenvalue weighted by Crippen LogP contribution is 2.29. The average Bonchev–Trinajstić information content (AvgIpc) is 2.78. The Kier molecular flexibility index (Phi) is 7.78. The van der Waals surface area contributed by atoms with Crippen LogP contribution in [0.25, 0.3) is 0 Å². The lowest BCUT2D eigenvalue weighted by Gasteiger charge is -2.25. The molecule has 0 saturated carbocycles. The highest BCUT2D eigenvalue weighted by atomic mass is 32.2. The number of hydrogen-bond acceptors (Lipinski definition) is 3. The van der Waals surface area contributed by atoms with Gasteiger partial charge in [-0.3, -0.25) is 0 Å². The standard InChI is InChI=1S/C22H26F3N3O3S/c23-22(24,25)19-8-4-17(5-9-19)12-13-26-21(29)27-16-18-6-10-20(11-7-18)32(30,31)28-14-2-1-3-15-28/h4-11H,1-3,12-16H2,(H2,26,27,29). The summed E-state index contributed by atoms with van der Waals surface area (Å²) in [5.41, 5.74) is 0.728. The summed E-state index contributed by atoms with van der Waals surface area (Å²) >= 11 is 0. The highest BCUT2D eigenvalue weighted by Gasteiger charge is 2.30. The zero-order valence-electron chi connectivity index (χ0n) is 17.5. The number of rotatable bonds is 7. The number of amides is 2. The molecule has 0 aromatic heterocycles. The number of piperidine rings is 1. The van der Waals surface area contributed by atoms with Crippen LogP contribution in [0.5, 0.6) is 0 Å². The molecule has 2 amide bonds. The van der Waals surface area contributed by atoms with Crippen molar-refractivity contribution < 1.29 is 26.4 Å². The second kappa shape index (κ2) is 10.4. The number of carbonyl (C=O) groups is 1. The van der Waals surface area contributed by atoms with Crippen LogP contribution in [-0.2, 0) is 29.2 Å². The van der Waals surface area contributed by atoms with Crippen molar-refractivity contribution in [2.45, 2.75) is 43.3 Å². The molecule has 0 bridgehead atoms. The number of nitrogens with one attached hydrogen (secondary N) is 2. The molecule has 1 fully saturated rings. The van der Waals surface area contributed by atoms with Gasteiger partial charge in [0.25, 0.3) is 0 Å². The highest BCUT2D eigenvalue weighted by molar-refractivity contribution is 7.89. The van der Waals surface area contributed by atoms with E-state index >= 15 is 0 Å². The second-order valence-electron chi connectivity index (χ2n) is 7.66. The van der Waals surface area contributed by atoms with Crippen LogP contribution in [0.15, 0.2) is 53.4 Å². The zero-order chi connectivity index (χ0) is 23.2. The SMILES string of the molecule is O=C(NCCc1ccc(C(F)(F)F)cc1)NCc1ccc(S(=O)(=O)N2CCCCC2)cc1. The van der Waals surface area contributed by atoms with Crippen LogP contribution in [0, 0.1) is 0 Å². The van der Waals surface area contributed by atoms with Crippen molar-refractivity contribution in [1.82, 2.24) is 14.9 Å². The minimum atomic E-state index is -4.37. The summed E-state index contributed by atoms with van der Waals surface area (Å²) in [5.74, 6) is 0. The first-order valence-electron chi connectivity index (χ1n) is 10.4. The van der Waals surface area contributed by atoms with Gasteiger partial charge in [0.2, 0.25) is 10.0 Å². The van der Waals surface area contributed by atoms with Gasteiger partial charge in [-0.25, -0.2) is 13.2 Å². The lowest BCUT2D eigenvalue weighted by atomic mass is 10.1. The van der Waals surface area contributed by atoms with Crippen molar-refractivity contribution in [3.8, 4) is 0 Å². The fraction of sp³-hybridized carbons (Fsp3) is 0.409. The molecule has 3 rings (SSSR count). The van der Waals surface area contributed by atoms with Crippen molar-refractivity contribution in [3.05, 3.63) is 65.2 Å². The Bertz CT molecular complexity index is 1000. The number of hydrogen-bond donors (Lipinski definition) is 2. The van der Waals surface area contributed by atoms with E-state index in [4.69, 9.17) is 0 Å². The first-order valence-corrected chi connectivity index (χ1v) is 11.9. The van der Waals surface area contributed by atoms with Crippen molar-refractivity contribution in [3.63, 3.8) is 0 Å².